The molecule has 98 valence electrons. The zero-order valence-corrected chi connectivity index (χ0v) is 13.9. The predicted octanol–water partition coefficient (Wildman–Crippen LogP) is 5.01. The lowest BCUT2D eigenvalue weighted by atomic mass is 10.2. The van der Waals surface area contributed by atoms with Crippen molar-refractivity contribution in [2.45, 2.75) is 6.92 Å². The molecule has 5 heteroatoms. The first-order valence-electron chi connectivity index (χ1n) is 5.65. The van der Waals surface area contributed by atoms with Crippen LogP contribution in [0.4, 0.5) is 16.2 Å². The molecule has 0 aromatic heterocycles. The van der Waals surface area contributed by atoms with Crippen LogP contribution in [0.5, 0.6) is 0 Å². The highest BCUT2D eigenvalue weighted by atomic mass is 127. The van der Waals surface area contributed by atoms with Gasteiger partial charge in [-0.2, -0.15) is 0 Å². The fourth-order valence-corrected chi connectivity index (χ4v) is 2.64. The van der Waals surface area contributed by atoms with Gasteiger partial charge in [-0.15, -0.1) is 0 Å². The summed E-state index contributed by atoms with van der Waals surface area (Å²) in [5.41, 5.74) is 2.59. The third-order valence-electron chi connectivity index (χ3n) is 2.56. The maximum atomic E-state index is 11.9. The van der Waals surface area contributed by atoms with E-state index in [1.165, 1.54) is 0 Å². The fourth-order valence-electron chi connectivity index (χ4n) is 1.61. The molecule has 0 heterocycles. The van der Waals surface area contributed by atoms with Crippen molar-refractivity contribution in [3.05, 3.63) is 56.1 Å². The summed E-state index contributed by atoms with van der Waals surface area (Å²) in [4.78, 5) is 11.9. The van der Waals surface area contributed by atoms with Crippen molar-refractivity contribution >= 4 is 55.9 Å². The molecule has 0 aliphatic rings. The summed E-state index contributed by atoms with van der Waals surface area (Å²) in [7, 11) is 0. The van der Waals surface area contributed by atoms with Gasteiger partial charge in [0, 0.05) is 13.7 Å². The van der Waals surface area contributed by atoms with Crippen LogP contribution in [-0.2, 0) is 0 Å². The molecule has 0 radical (unpaired) electrons. The third-order valence-corrected chi connectivity index (χ3v) is 3.92. The Morgan fingerprint density at radius 1 is 1.11 bits per heavy atom. The molecule has 2 rings (SSSR count). The van der Waals surface area contributed by atoms with Crippen LogP contribution in [0.25, 0.3) is 0 Å². The van der Waals surface area contributed by atoms with E-state index in [4.69, 9.17) is 0 Å². The first-order valence-corrected chi connectivity index (χ1v) is 7.52. The summed E-state index contributed by atoms with van der Waals surface area (Å²) in [6, 6.07) is 13.1. The number of para-hydroxylation sites is 1. The highest BCUT2D eigenvalue weighted by Gasteiger charge is 2.06. The van der Waals surface area contributed by atoms with Gasteiger partial charge in [-0.3, -0.25) is 0 Å². The Labute approximate surface area is 134 Å². The Hall–Kier alpha value is -1.08. The number of hydrogen-bond acceptors (Lipinski definition) is 1. The SMILES string of the molecule is Cc1cc(I)ccc1NC(=O)Nc1ccccc1Br. The Bertz CT molecular complexity index is 616. The van der Waals surface area contributed by atoms with Crippen molar-refractivity contribution in [2.75, 3.05) is 10.6 Å². The van der Waals surface area contributed by atoms with Gasteiger partial charge in [-0.25, -0.2) is 4.79 Å². The zero-order chi connectivity index (χ0) is 13.8. The molecule has 0 aliphatic heterocycles. The molecule has 2 amide bonds. The first kappa shape index (κ1) is 14.3. The van der Waals surface area contributed by atoms with Gasteiger partial charge in [-0.05, 0) is 81.3 Å². The molecule has 3 nitrogen and oxygen atoms in total. The van der Waals surface area contributed by atoms with Crippen LogP contribution in [-0.4, -0.2) is 6.03 Å². The van der Waals surface area contributed by atoms with Crippen molar-refractivity contribution in [2.24, 2.45) is 0 Å². The van der Waals surface area contributed by atoms with Gasteiger partial charge in [0.25, 0.3) is 0 Å². The van der Waals surface area contributed by atoms with Gasteiger partial charge < -0.3 is 10.6 Å². The second-order valence-corrected chi connectivity index (χ2v) is 6.12. The number of carbonyl (C=O) groups excluding carboxylic acids is 1. The van der Waals surface area contributed by atoms with Crippen LogP contribution >= 0.6 is 38.5 Å². The first-order chi connectivity index (χ1) is 9.06. The quantitative estimate of drug-likeness (QED) is 0.646. The molecule has 2 aromatic carbocycles. The number of amides is 2. The number of benzene rings is 2. The Morgan fingerprint density at radius 3 is 2.47 bits per heavy atom. The molecule has 0 aliphatic carbocycles. The number of halogens is 2. The molecule has 0 spiro atoms. The second kappa shape index (κ2) is 6.38. The average Bonchev–Trinajstić information content (AvgIpc) is 2.36. The molecule has 0 fully saturated rings. The minimum Gasteiger partial charge on any atom is -0.307 e. The van der Waals surface area contributed by atoms with Crippen LogP contribution in [0.15, 0.2) is 46.9 Å². The van der Waals surface area contributed by atoms with E-state index in [1.807, 2.05) is 49.4 Å². The Morgan fingerprint density at radius 2 is 1.79 bits per heavy atom. The molecule has 0 unspecified atom stereocenters. The largest absolute Gasteiger partial charge is 0.323 e. The molecule has 2 N–H and O–H groups in total. The zero-order valence-electron chi connectivity index (χ0n) is 10.2. The highest BCUT2D eigenvalue weighted by Crippen LogP contribution is 2.22. The maximum absolute atomic E-state index is 11.9. The normalized spacial score (nSPS) is 10.1. The number of anilines is 2. The van der Waals surface area contributed by atoms with Gasteiger partial charge in [0.05, 0.1) is 5.69 Å². The highest BCUT2D eigenvalue weighted by molar-refractivity contribution is 14.1. The van der Waals surface area contributed by atoms with E-state index in [-0.39, 0.29) is 6.03 Å². The van der Waals surface area contributed by atoms with Crippen LogP contribution in [0.2, 0.25) is 0 Å². The smallest absolute Gasteiger partial charge is 0.307 e. The summed E-state index contributed by atoms with van der Waals surface area (Å²) in [5, 5.41) is 5.64. The number of hydrogen-bond donors (Lipinski definition) is 2. The summed E-state index contributed by atoms with van der Waals surface area (Å²) < 4.78 is 2.00. The van der Waals surface area contributed by atoms with E-state index in [1.54, 1.807) is 0 Å². The van der Waals surface area contributed by atoms with Crippen LogP contribution < -0.4 is 10.6 Å². The van der Waals surface area contributed by atoms with E-state index in [0.717, 1.165) is 25.0 Å². The fraction of sp³-hybridized carbons (Fsp3) is 0.0714. The van der Waals surface area contributed by atoms with Crippen molar-refractivity contribution in [1.82, 2.24) is 0 Å². The van der Waals surface area contributed by atoms with Gasteiger partial charge in [0.15, 0.2) is 0 Å². The number of urea groups is 1. The minimum absolute atomic E-state index is 0.254. The topological polar surface area (TPSA) is 41.1 Å². The average molecular weight is 431 g/mol. The monoisotopic (exact) mass is 430 g/mol. The Kier molecular flexibility index (Phi) is 4.81. The molecule has 19 heavy (non-hydrogen) atoms. The predicted molar refractivity (Wildman–Crippen MR) is 90.7 cm³/mol. The molecule has 0 saturated carbocycles. The number of rotatable bonds is 2. The Balaban J connectivity index is 2.08. The van der Waals surface area contributed by atoms with Gasteiger partial charge in [-0.1, -0.05) is 12.1 Å². The van der Waals surface area contributed by atoms with Crippen molar-refractivity contribution in [1.29, 1.82) is 0 Å². The van der Waals surface area contributed by atoms with Gasteiger partial charge in [0.1, 0.15) is 0 Å². The van der Waals surface area contributed by atoms with Crippen LogP contribution in [0, 0.1) is 10.5 Å². The maximum Gasteiger partial charge on any atom is 0.323 e. The molecule has 0 atom stereocenters. The minimum atomic E-state index is -0.254. The molecule has 0 bridgehead atoms. The lowest BCUT2D eigenvalue weighted by molar-refractivity contribution is 0.262. The van der Waals surface area contributed by atoms with Crippen molar-refractivity contribution < 1.29 is 4.79 Å². The van der Waals surface area contributed by atoms with E-state index >= 15 is 0 Å². The van der Waals surface area contributed by atoms with Crippen LogP contribution in [0.3, 0.4) is 0 Å². The molecule has 0 saturated heterocycles. The molecular weight excluding hydrogens is 419 g/mol. The van der Waals surface area contributed by atoms with Gasteiger partial charge >= 0.3 is 6.03 Å². The van der Waals surface area contributed by atoms with Crippen molar-refractivity contribution in [3.63, 3.8) is 0 Å². The lowest BCUT2D eigenvalue weighted by Crippen LogP contribution is -2.20. The summed E-state index contributed by atoms with van der Waals surface area (Å²) in [6.07, 6.45) is 0. The van der Waals surface area contributed by atoms with E-state index in [9.17, 15) is 4.79 Å². The van der Waals surface area contributed by atoms with E-state index in [0.29, 0.717) is 0 Å². The lowest BCUT2D eigenvalue weighted by Gasteiger charge is -2.11. The number of carbonyl (C=O) groups is 1. The van der Waals surface area contributed by atoms with E-state index < -0.39 is 0 Å². The summed E-state index contributed by atoms with van der Waals surface area (Å²) in [5.74, 6) is 0. The number of nitrogens with one attached hydrogen (secondary N) is 2. The number of aryl methyl sites for hydroxylation is 1. The summed E-state index contributed by atoms with van der Waals surface area (Å²) >= 11 is 5.63. The summed E-state index contributed by atoms with van der Waals surface area (Å²) in [6.45, 7) is 1.97. The van der Waals surface area contributed by atoms with Crippen molar-refractivity contribution in [3.8, 4) is 0 Å². The van der Waals surface area contributed by atoms with Gasteiger partial charge in [0.2, 0.25) is 0 Å². The van der Waals surface area contributed by atoms with Crippen LogP contribution in [0.1, 0.15) is 5.56 Å². The molecular formula is C14H12BrIN2O. The molecule has 2 aromatic rings. The van der Waals surface area contributed by atoms with E-state index in [2.05, 4.69) is 49.2 Å². The third kappa shape index (κ3) is 3.94. The standard InChI is InChI=1S/C14H12BrIN2O/c1-9-8-10(16)6-7-12(9)17-14(19)18-13-5-3-2-4-11(13)15/h2-8H,1H3,(H2,17,18,19). The second-order valence-electron chi connectivity index (χ2n) is 4.02.